The molecule has 3 heterocycles. The van der Waals surface area contributed by atoms with Crippen LogP contribution in [0.4, 0.5) is 5.82 Å². The van der Waals surface area contributed by atoms with Crippen molar-refractivity contribution < 1.29 is 67.6 Å². The molecular weight excluding hydrogens is 536 g/mol. The second-order valence-electron chi connectivity index (χ2n) is 7.55. The van der Waals surface area contributed by atoms with Gasteiger partial charge in [0.25, 0.3) is 5.91 Å². The Labute approximate surface area is 202 Å². The number of nitrogens with two attached hydrogens (primary N) is 1. The maximum Gasteiger partial charge on any atom is 0.694 e. The van der Waals surface area contributed by atoms with Gasteiger partial charge in [-0.25, -0.2) is 14.5 Å². The molecule has 0 aliphatic carbocycles. The fourth-order valence-corrected chi connectivity index (χ4v) is 4.06. The van der Waals surface area contributed by atoms with E-state index >= 15 is 0 Å². The van der Waals surface area contributed by atoms with E-state index in [1.54, 1.807) is 0 Å². The molecule has 1 aromatic rings. The van der Waals surface area contributed by atoms with Gasteiger partial charge in [-0.2, -0.15) is 0 Å². The smallest absolute Gasteiger partial charge is 0.387 e. The number of carbonyl (C=O) groups is 1. The van der Waals surface area contributed by atoms with E-state index in [9.17, 15) is 34.4 Å². The topological polar surface area (TPSA) is 298 Å². The Bertz CT molecular complexity index is 1030. The number of nitrogens with one attached hydrogen (secondary N) is 1. The van der Waals surface area contributed by atoms with Gasteiger partial charge in [0.05, 0.1) is 19.3 Å². The average Bonchev–Trinajstić information content (AvgIpc) is 3.41. The van der Waals surface area contributed by atoms with E-state index in [0.717, 1.165) is 17.2 Å². The Kier molecular flexibility index (Phi) is 9.23. The maximum atomic E-state index is 11.8. The van der Waals surface area contributed by atoms with Crippen molar-refractivity contribution in [2.45, 2.75) is 49.1 Å². The van der Waals surface area contributed by atoms with Crippen molar-refractivity contribution in [3.05, 3.63) is 12.0 Å². The first-order valence-electron chi connectivity index (χ1n) is 9.97. The summed E-state index contributed by atoms with van der Waals surface area (Å²) in [5.41, 5.74) is 4.97. The predicted octanol–water partition coefficient (Wildman–Crippen LogP) is -3.74. The van der Waals surface area contributed by atoms with Crippen molar-refractivity contribution in [2.24, 2.45) is 10.7 Å². The van der Waals surface area contributed by atoms with Crippen molar-refractivity contribution in [1.29, 1.82) is 0 Å². The molecule has 0 saturated carbocycles. The molecule has 36 heavy (non-hydrogen) atoms. The van der Waals surface area contributed by atoms with E-state index in [-0.39, 0.29) is 11.5 Å². The number of anilines is 1. The standard InChI is InChI=1S/C15H23N5O14P2/c16-12(25)7-13(17-3-18-14-10(23)8(21)6(33-14)2-32-36(28,29)30)20(4-19-7)15-11(24)9(22)5(34-15)1-31-35(26)27/h3-6,8-11,14-15,21-24H,1-2H2,(H5-,16,17,18,25,26,27,28,29,30)/p+1/t5-,6-,8-,9-,10-,11-,14-,15-/m1/s1. The number of amides is 1. The zero-order valence-corrected chi connectivity index (χ0v) is 19.8. The quantitative estimate of drug-likeness (QED) is 0.0713. The van der Waals surface area contributed by atoms with E-state index in [1.165, 1.54) is 0 Å². The number of primary amides is 1. The van der Waals surface area contributed by atoms with Crippen molar-refractivity contribution in [3.63, 3.8) is 0 Å². The summed E-state index contributed by atoms with van der Waals surface area (Å²) in [6.45, 7) is -1.27. The lowest BCUT2D eigenvalue weighted by molar-refractivity contribution is -0.0484. The Morgan fingerprint density at radius 2 is 1.83 bits per heavy atom. The fourth-order valence-electron chi connectivity index (χ4n) is 3.44. The fraction of sp³-hybridized carbons (Fsp3) is 0.667. The van der Waals surface area contributed by atoms with Gasteiger partial charge in [0.1, 0.15) is 49.0 Å². The molecule has 21 heteroatoms. The molecule has 9 atom stereocenters. The second-order valence-corrected chi connectivity index (χ2v) is 9.52. The van der Waals surface area contributed by atoms with Crippen LogP contribution in [0.15, 0.2) is 11.3 Å². The molecule has 0 bridgehead atoms. The van der Waals surface area contributed by atoms with Gasteiger partial charge in [-0.05, 0) is 0 Å². The largest absolute Gasteiger partial charge is 0.694 e. The Hall–Kier alpha value is -1.96. The number of aliphatic imine (C=N–C) groups is 1. The number of imidazole rings is 1. The van der Waals surface area contributed by atoms with Gasteiger partial charge in [-0.1, -0.05) is 0 Å². The van der Waals surface area contributed by atoms with Crippen LogP contribution in [-0.4, -0.2) is 113 Å². The van der Waals surface area contributed by atoms with Crippen LogP contribution >= 0.6 is 16.1 Å². The summed E-state index contributed by atoms with van der Waals surface area (Å²) in [6.07, 6.45) is -9.67. The molecule has 2 fully saturated rings. The Morgan fingerprint density at radius 3 is 2.44 bits per heavy atom. The molecule has 2 aliphatic heterocycles. The van der Waals surface area contributed by atoms with Gasteiger partial charge in [0.15, 0.2) is 18.1 Å². The number of hydrogen-bond donors (Lipinski definition) is 9. The molecule has 2 saturated heterocycles. The number of aliphatic hydroxyl groups is 4. The van der Waals surface area contributed by atoms with E-state index in [2.05, 4.69) is 24.3 Å². The van der Waals surface area contributed by atoms with E-state index in [1.807, 2.05) is 0 Å². The zero-order valence-electron chi connectivity index (χ0n) is 18.0. The molecule has 202 valence electrons. The van der Waals surface area contributed by atoms with Crippen LogP contribution < -0.4 is 11.1 Å². The van der Waals surface area contributed by atoms with Crippen LogP contribution in [-0.2, 0) is 27.7 Å². The Morgan fingerprint density at radius 1 is 1.19 bits per heavy atom. The number of ether oxygens (including phenoxy) is 2. The summed E-state index contributed by atoms with van der Waals surface area (Å²) in [5, 5.41) is 43.1. The molecule has 1 unspecified atom stereocenters. The Balaban J connectivity index is 1.73. The molecule has 19 nitrogen and oxygen atoms in total. The summed E-state index contributed by atoms with van der Waals surface area (Å²) in [4.78, 5) is 45.8. The van der Waals surface area contributed by atoms with Gasteiger partial charge < -0.3 is 50.7 Å². The summed E-state index contributed by atoms with van der Waals surface area (Å²) < 4.78 is 42.1. The highest BCUT2D eigenvalue weighted by atomic mass is 31.2. The van der Waals surface area contributed by atoms with E-state index in [0.29, 0.717) is 0 Å². The summed E-state index contributed by atoms with van der Waals surface area (Å²) in [5.74, 6) is -1.18. The zero-order chi connectivity index (χ0) is 26.8. The molecule has 0 spiro atoms. The highest BCUT2D eigenvalue weighted by Gasteiger charge is 2.46. The summed E-state index contributed by atoms with van der Waals surface area (Å²) >= 11 is 0. The normalized spacial score (nSPS) is 33.4. The van der Waals surface area contributed by atoms with Gasteiger partial charge in [-0.3, -0.25) is 13.9 Å². The number of phosphoric ester groups is 1. The van der Waals surface area contributed by atoms with Crippen LogP contribution in [0, 0.1) is 0 Å². The van der Waals surface area contributed by atoms with Crippen molar-refractivity contribution in [3.8, 4) is 0 Å². The predicted molar refractivity (Wildman–Crippen MR) is 113 cm³/mol. The molecule has 0 radical (unpaired) electrons. The number of aliphatic hydroxyl groups excluding tert-OH is 4. The highest BCUT2D eigenvalue weighted by molar-refractivity contribution is 7.46. The number of phosphoric acid groups is 1. The van der Waals surface area contributed by atoms with Crippen molar-refractivity contribution in [1.82, 2.24) is 9.55 Å². The third-order valence-electron chi connectivity index (χ3n) is 5.15. The lowest BCUT2D eigenvalue weighted by atomic mass is 10.1. The molecular formula is C15H24N5O14P2+. The van der Waals surface area contributed by atoms with Gasteiger partial charge >= 0.3 is 16.1 Å². The molecule has 0 aromatic carbocycles. The maximum absolute atomic E-state index is 11.8. The first-order valence-corrected chi connectivity index (χ1v) is 12.6. The molecule has 10 N–H and O–H groups in total. The highest BCUT2D eigenvalue weighted by Crippen LogP contribution is 2.37. The monoisotopic (exact) mass is 560 g/mol. The minimum Gasteiger partial charge on any atom is -0.387 e. The van der Waals surface area contributed by atoms with E-state index < -0.39 is 84.3 Å². The van der Waals surface area contributed by atoms with Crippen LogP contribution in [0.2, 0.25) is 0 Å². The average molecular weight is 560 g/mol. The minimum absolute atomic E-state index is 0.174. The van der Waals surface area contributed by atoms with Crippen LogP contribution in [0.5, 0.6) is 0 Å². The van der Waals surface area contributed by atoms with Crippen molar-refractivity contribution >= 4 is 34.1 Å². The number of carbonyl (C=O) groups excluding carboxylic acids is 1. The number of aromatic nitrogens is 2. The lowest BCUT2D eigenvalue weighted by Gasteiger charge is -2.19. The molecule has 1 aromatic heterocycles. The van der Waals surface area contributed by atoms with Crippen LogP contribution in [0.25, 0.3) is 0 Å². The first kappa shape index (κ1) is 28.6. The summed E-state index contributed by atoms with van der Waals surface area (Å²) in [6, 6.07) is 0. The van der Waals surface area contributed by atoms with Crippen LogP contribution in [0.1, 0.15) is 16.7 Å². The van der Waals surface area contributed by atoms with Gasteiger partial charge in [0, 0.05) is 4.57 Å². The molecule has 1 amide bonds. The number of nitrogens with zero attached hydrogens (tertiary/aromatic N) is 3. The molecule has 2 aliphatic rings. The SMILES string of the molecule is NC(=O)c1ncn([C@@H]2O[C@H](CO[P+](=O)O)[C@@H](O)[C@H]2O)c1N/C=N/[C@@H]1O[C@H](COP(=O)(O)O)[C@@H](O)[C@H]1O. The number of rotatable bonds is 11. The van der Waals surface area contributed by atoms with Gasteiger partial charge in [-0.15, -0.1) is 9.42 Å². The summed E-state index contributed by atoms with van der Waals surface area (Å²) in [7, 11) is -7.85. The third-order valence-corrected chi connectivity index (χ3v) is 6.01. The van der Waals surface area contributed by atoms with Gasteiger partial charge in [0.2, 0.25) is 0 Å². The third kappa shape index (κ3) is 6.67. The molecule has 3 rings (SSSR count). The van der Waals surface area contributed by atoms with E-state index in [4.69, 9.17) is 29.9 Å². The van der Waals surface area contributed by atoms with Crippen LogP contribution in [0.3, 0.4) is 0 Å². The number of hydrogen-bond acceptors (Lipinski definition) is 13. The van der Waals surface area contributed by atoms with Crippen molar-refractivity contribution in [2.75, 3.05) is 18.5 Å². The second kappa shape index (κ2) is 11.6. The lowest BCUT2D eigenvalue weighted by Crippen LogP contribution is -2.34. The minimum atomic E-state index is -4.85. The first-order chi connectivity index (χ1) is 16.8.